The third-order valence-electron chi connectivity index (χ3n) is 4.68. The van der Waals surface area contributed by atoms with Crippen molar-refractivity contribution in [2.24, 2.45) is 0 Å². The molecule has 7 nitrogen and oxygen atoms in total. The first-order valence-electron chi connectivity index (χ1n) is 8.84. The summed E-state index contributed by atoms with van der Waals surface area (Å²) < 4.78 is -0.745. The van der Waals surface area contributed by atoms with E-state index in [0.717, 1.165) is 25.7 Å². The van der Waals surface area contributed by atoms with Crippen molar-refractivity contribution in [1.82, 2.24) is 16.0 Å². The third-order valence-corrected chi connectivity index (χ3v) is 6.37. The Morgan fingerprint density at radius 3 is 2.84 bits per heavy atom. The van der Waals surface area contributed by atoms with Gasteiger partial charge in [-0.05, 0) is 19.3 Å². The largest absolute Gasteiger partial charge is 0.481 e. The molecule has 4 N–H and O–H groups in total. The monoisotopic (exact) mass is 369 g/mol. The zero-order chi connectivity index (χ0) is 18.3. The summed E-state index contributed by atoms with van der Waals surface area (Å²) in [5, 5.41) is 17.4. The van der Waals surface area contributed by atoms with Crippen LogP contribution in [0.3, 0.4) is 0 Å². The summed E-state index contributed by atoms with van der Waals surface area (Å²) in [5.41, 5.74) is 0. The van der Waals surface area contributed by atoms with Crippen molar-refractivity contribution < 1.29 is 19.5 Å². The number of hydrogen-bond donors (Lipinski definition) is 4. The number of rotatable bonds is 11. The number of thioether (sulfide) groups is 1. The average molecular weight is 369 g/mol. The van der Waals surface area contributed by atoms with Gasteiger partial charge in [0, 0.05) is 18.7 Å². The van der Waals surface area contributed by atoms with E-state index in [9.17, 15) is 14.4 Å². The fourth-order valence-corrected chi connectivity index (χ4v) is 5.00. The van der Waals surface area contributed by atoms with Crippen molar-refractivity contribution in [3.8, 4) is 0 Å². The van der Waals surface area contributed by atoms with E-state index in [1.54, 1.807) is 18.3 Å². The van der Waals surface area contributed by atoms with Crippen LogP contribution in [-0.2, 0) is 9.59 Å². The van der Waals surface area contributed by atoms with Crippen molar-refractivity contribution in [2.75, 3.05) is 5.75 Å². The minimum atomic E-state index is -0.829. The SMILES string of the molecule is [CH2]CCCC[CH]NC(=O)[C@@]1(CCCCC(=O)O)SC[C@@H]2NC(=O)N[C@@H]21. The molecule has 0 aromatic rings. The van der Waals surface area contributed by atoms with E-state index in [1.165, 1.54) is 0 Å². The summed E-state index contributed by atoms with van der Waals surface area (Å²) in [7, 11) is 0. The molecule has 3 atom stereocenters. The van der Waals surface area contributed by atoms with Crippen LogP contribution in [0.25, 0.3) is 0 Å². The molecule has 2 heterocycles. The number of carbonyl (C=O) groups excluding carboxylic acids is 2. The van der Waals surface area contributed by atoms with Gasteiger partial charge in [0.1, 0.15) is 4.75 Å². The molecule has 2 saturated heterocycles. The molecular formula is C17H27N3O4S. The fraction of sp³-hybridized carbons (Fsp3) is 0.706. The van der Waals surface area contributed by atoms with Crippen molar-refractivity contribution in [1.29, 1.82) is 0 Å². The minimum Gasteiger partial charge on any atom is -0.481 e. The molecular weight excluding hydrogens is 342 g/mol. The topological polar surface area (TPSA) is 108 Å². The maximum Gasteiger partial charge on any atom is 0.315 e. The lowest BCUT2D eigenvalue weighted by Gasteiger charge is -2.32. The molecule has 2 aliphatic heterocycles. The number of carboxylic acids is 1. The molecule has 2 aliphatic rings. The molecule has 0 spiro atoms. The Balaban J connectivity index is 1.95. The fourth-order valence-electron chi connectivity index (χ4n) is 3.36. The van der Waals surface area contributed by atoms with Crippen molar-refractivity contribution in [2.45, 2.75) is 68.2 Å². The van der Waals surface area contributed by atoms with E-state index in [0.29, 0.717) is 25.0 Å². The maximum absolute atomic E-state index is 12.9. The summed E-state index contributed by atoms with van der Waals surface area (Å²) >= 11 is 1.55. The maximum atomic E-state index is 12.9. The predicted octanol–water partition coefficient (Wildman–Crippen LogP) is 1.84. The Kier molecular flexibility index (Phi) is 7.40. The van der Waals surface area contributed by atoms with Crippen LogP contribution in [0.4, 0.5) is 4.79 Å². The van der Waals surface area contributed by atoms with Gasteiger partial charge in [-0.25, -0.2) is 4.79 Å². The molecule has 2 fully saturated rings. The van der Waals surface area contributed by atoms with Gasteiger partial charge < -0.3 is 21.1 Å². The molecule has 0 saturated carbocycles. The quantitative estimate of drug-likeness (QED) is 0.328. The second-order valence-electron chi connectivity index (χ2n) is 6.53. The smallest absolute Gasteiger partial charge is 0.315 e. The number of carboxylic acid groups (broad SMARTS) is 1. The molecule has 25 heavy (non-hydrogen) atoms. The van der Waals surface area contributed by atoms with Gasteiger partial charge in [-0.15, -0.1) is 11.8 Å². The van der Waals surface area contributed by atoms with E-state index in [2.05, 4.69) is 22.9 Å². The van der Waals surface area contributed by atoms with E-state index in [1.807, 2.05) is 0 Å². The van der Waals surface area contributed by atoms with Crippen LogP contribution in [0.1, 0.15) is 51.4 Å². The van der Waals surface area contributed by atoms with Crippen LogP contribution in [0.2, 0.25) is 0 Å². The Morgan fingerprint density at radius 1 is 1.32 bits per heavy atom. The molecule has 8 heteroatoms. The number of fused-ring (bicyclic) bond motifs is 1. The Hall–Kier alpha value is -1.44. The Labute approximate surface area is 153 Å². The summed E-state index contributed by atoms with van der Waals surface area (Å²) in [6, 6.07) is -0.561. The van der Waals surface area contributed by atoms with E-state index in [4.69, 9.17) is 5.11 Å². The van der Waals surface area contributed by atoms with Gasteiger partial charge in [0.25, 0.3) is 0 Å². The first-order chi connectivity index (χ1) is 12.0. The van der Waals surface area contributed by atoms with E-state index >= 15 is 0 Å². The number of nitrogens with one attached hydrogen (secondary N) is 3. The highest BCUT2D eigenvalue weighted by Gasteiger charge is 2.57. The summed E-state index contributed by atoms with van der Waals surface area (Å²) in [6.45, 7) is 5.58. The standard InChI is InChI=1S/C17H27N3O4S/c1-2-3-4-7-10-18-15(23)17(9-6-5-8-13(21)22)14-12(11-25-17)19-16(24)20-14/h10,12,14H,1-9,11H2,(H,18,23)(H,21,22)(H2,19,20,24)/t12-,14-,17-/m0/s1. The van der Waals surface area contributed by atoms with Crippen LogP contribution < -0.4 is 16.0 Å². The van der Waals surface area contributed by atoms with Gasteiger partial charge in [0.15, 0.2) is 0 Å². The molecule has 140 valence electrons. The van der Waals surface area contributed by atoms with Gasteiger partial charge in [-0.1, -0.05) is 32.6 Å². The van der Waals surface area contributed by atoms with Crippen molar-refractivity contribution >= 4 is 29.7 Å². The van der Waals surface area contributed by atoms with Crippen LogP contribution in [0, 0.1) is 13.5 Å². The number of aliphatic carboxylic acids is 1. The predicted molar refractivity (Wildman–Crippen MR) is 96.8 cm³/mol. The van der Waals surface area contributed by atoms with Crippen LogP contribution in [0.15, 0.2) is 0 Å². The molecule has 0 unspecified atom stereocenters. The van der Waals surface area contributed by atoms with Gasteiger partial charge in [0.2, 0.25) is 5.91 Å². The molecule has 0 bridgehead atoms. The summed E-state index contributed by atoms with van der Waals surface area (Å²) in [4.78, 5) is 35.3. The zero-order valence-corrected chi connectivity index (χ0v) is 15.2. The Morgan fingerprint density at radius 2 is 2.12 bits per heavy atom. The first kappa shape index (κ1) is 19.9. The van der Waals surface area contributed by atoms with Crippen molar-refractivity contribution in [3.63, 3.8) is 0 Å². The third kappa shape index (κ3) is 5.03. The summed E-state index contributed by atoms with van der Waals surface area (Å²) in [5.74, 6) is -0.249. The second-order valence-corrected chi connectivity index (χ2v) is 7.88. The highest BCUT2D eigenvalue weighted by molar-refractivity contribution is 8.01. The summed E-state index contributed by atoms with van der Waals surface area (Å²) in [6.07, 6.45) is 5.47. The number of carbonyl (C=O) groups is 3. The number of unbranched alkanes of at least 4 members (excludes halogenated alkanes) is 4. The Bertz CT molecular complexity index is 502. The molecule has 0 aromatic carbocycles. The molecule has 0 aliphatic carbocycles. The van der Waals surface area contributed by atoms with Gasteiger partial charge in [-0.2, -0.15) is 0 Å². The molecule has 2 rings (SSSR count). The molecule has 3 amide bonds. The molecule has 0 aromatic heterocycles. The lowest BCUT2D eigenvalue weighted by Crippen LogP contribution is -2.55. The van der Waals surface area contributed by atoms with Crippen LogP contribution in [-0.4, -0.2) is 45.6 Å². The van der Waals surface area contributed by atoms with Crippen LogP contribution in [0.5, 0.6) is 0 Å². The highest BCUT2D eigenvalue weighted by Crippen LogP contribution is 2.44. The van der Waals surface area contributed by atoms with Gasteiger partial charge >= 0.3 is 12.0 Å². The van der Waals surface area contributed by atoms with E-state index in [-0.39, 0.29) is 30.4 Å². The number of amides is 3. The van der Waals surface area contributed by atoms with Crippen LogP contribution >= 0.6 is 11.8 Å². The number of hydrogen-bond acceptors (Lipinski definition) is 4. The van der Waals surface area contributed by atoms with Gasteiger partial charge in [-0.3, -0.25) is 9.59 Å². The average Bonchev–Trinajstić information content (AvgIpc) is 3.09. The minimum absolute atomic E-state index is 0.0612. The van der Waals surface area contributed by atoms with E-state index < -0.39 is 10.7 Å². The zero-order valence-electron chi connectivity index (χ0n) is 14.4. The number of urea groups is 1. The van der Waals surface area contributed by atoms with Gasteiger partial charge in [0.05, 0.1) is 12.1 Å². The van der Waals surface area contributed by atoms with Crippen molar-refractivity contribution in [3.05, 3.63) is 13.5 Å². The lowest BCUT2D eigenvalue weighted by atomic mass is 9.88. The lowest BCUT2D eigenvalue weighted by molar-refractivity contribution is -0.137. The highest BCUT2D eigenvalue weighted by atomic mass is 32.2. The second kappa shape index (κ2) is 9.31. The molecule has 2 radical (unpaired) electrons. The first-order valence-corrected chi connectivity index (χ1v) is 9.83. The normalized spacial score (nSPS) is 27.5.